The number of aliphatic hydroxyl groups is 1. The SMILES string of the molecule is C=COCC(O)CON=CC. The minimum absolute atomic E-state index is 0.137. The van der Waals surface area contributed by atoms with Crippen molar-refractivity contribution in [2.75, 3.05) is 13.2 Å². The molecule has 0 aliphatic rings. The first-order valence-corrected chi connectivity index (χ1v) is 3.31. The Morgan fingerprint density at radius 3 is 2.91 bits per heavy atom. The lowest BCUT2D eigenvalue weighted by Gasteiger charge is -2.07. The summed E-state index contributed by atoms with van der Waals surface area (Å²) in [6.45, 7) is 5.37. The van der Waals surface area contributed by atoms with Crippen LogP contribution in [-0.2, 0) is 9.57 Å². The molecule has 0 bridgehead atoms. The van der Waals surface area contributed by atoms with E-state index in [2.05, 4.69) is 16.6 Å². The summed E-state index contributed by atoms with van der Waals surface area (Å²) in [5.74, 6) is 0. The monoisotopic (exact) mass is 159 g/mol. The molecule has 64 valence electrons. The van der Waals surface area contributed by atoms with E-state index in [-0.39, 0.29) is 13.2 Å². The van der Waals surface area contributed by atoms with Crippen molar-refractivity contribution >= 4 is 6.21 Å². The highest BCUT2D eigenvalue weighted by molar-refractivity contribution is 5.52. The summed E-state index contributed by atoms with van der Waals surface area (Å²) in [5, 5.41) is 12.5. The summed E-state index contributed by atoms with van der Waals surface area (Å²) in [4.78, 5) is 4.65. The molecule has 0 spiro atoms. The van der Waals surface area contributed by atoms with Crippen LogP contribution in [0.1, 0.15) is 6.92 Å². The zero-order valence-corrected chi connectivity index (χ0v) is 6.56. The Morgan fingerprint density at radius 1 is 1.64 bits per heavy atom. The number of aliphatic hydroxyl groups excluding tert-OH is 1. The Balaban J connectivity index is 3.21. The van der Waals surface area contributed by atoms with Gasteiger partial charge in [0.25, 0.3) is 0 Å². The molecule has 0 rings (SSSR count). The first kappa shape index (κ1) is 9.97. The molecule has 0 aromatic heterocycles. The van der Waals surface area contributed by atoms with Gasteiger partial charge in [0.15, 0.2) is 0 Å². The lowest BCUT2D eigenvalue weighted by molar-refractivity contribution is 0.00484. The minimum atomic E-state index is -0.656. The average molecular weight is 159 g/mol. The van der Waals surface area contributed by atoms with E-state index in [1.807, 2.05) is 0 Å². The summed E-state index contributed by atoms with van der Waals surface area (Å²) in [5.41, 5.74) is 0. The van der Waals surface area contributed by atoms with Crippen molar-refractivity contribution in [3.63, 3.8) is 0 Å². The lowest BCUT2D eigenvalue weighted by atomic mass is 10.4. The van der Waals surface area contributed by atoms with Gasteiger partial charge in [-0.05, 0) is 6.92 Å². The average Bonchev–Trinajstić information content (AvgIpc) is 2.01. The summed E-state index contributed by atoms with van der Waals surface area (Å²) in [6, 6.07) is 0. The van der Waals surface area contributed by atoms with Gasteiger partial charge in [0.2, 0.25) is 0 Å². The Bertz CT molecular complexity index is 125. The molecule has 4 nitrogen and oxygen atoms in total. The molecule has 0 aliphatic heterocycles. The fourth-order valence-corrected chi connectivity index (χ4v) is 0.431. The van der Waals surface area contributed by atoms with Crippen LogP contribution in [0.25, 0.3) is 0 Å². The van der Waals surface area contributed by atoms with E-state index in [1.54, 1.807) is 6.92 Å². The van der Waals surface area contributed by atoms with Crippen molar-refractivity contribution < 1.29 is 14.7 Å². The Labute approximate surface area is 66.1 Å². The fourth-order valence-electron chi connectivity index (χ4n) is 0.431. The number of rotatable bonds is 6. The second kappa shape index (κ2) is 7.08. The molecule has 0 amide bonds. The van der Waals surface area contributed by atoms with E-state index in [0.29, 0.717) is 0 Å². The Kier molecular flexibility index (Phi) is 6.42. The zero-order valence-electron chi connectivity index (χ0n) is 6.56. The predicted octanol–water partition coefficient (Wildman–Crippen LogP) is 0.530. The van der Waals surface area contributed by atoms with Crippen LogP contribution in [0.2, 0.25) is 0 Å². The van der Waals surface area contributed by atoms with Crippen molar-refractivity contribution in [3.05, 3.63) is 12.8 Å². The second-order valence-electron chi connectivity index (χ2n) is 1.81. The first-order valence-electron chi connectivity index (χ1n) is 3.31. The third-order valence-corrected chi connectivity index (χ3v) is 0.853. The molecule has 0 fully saturated rings. The molecular weight excluding hydrogens is 146 g/mol. The molecule has 0 radical (unpaired) electrons. The minimum Gasteiger partial charge on any atom is -0.499 e. The predicted molar refractivity (Wildman–Crippen MR) is 42.3 cm³/mol. The molecule has 0 aromatic carbocycles. The highest BCUT2D eigenvalue weighted by Crippen LogP contribution is 1.87. The molecule has 1 atom stereocenters. The van der Waals surface area contributed by atoms with E-state index >= 15 is 0 Å². The fraction of sp³-hybridized carbons (Fsp3) is 0.571. The normalized spacial score (nSPS) is 12.9. The molecule has 11 heavy (non-hydrogen) atoms. The maximum Gasteiger partial charge on any atom is 0.146 e. The van der Waals surface area contributed by atoms with Gasteiger partial charge >= 0.3 is 0 Å². The molecule has 1 unspecified atom stereocenters. The molecular formula is C7H13NO3. The van der Waals surface area contributed by atoms with Gasteiger partial charge in [-0.25, -0.2) is 0 Å². The summed E-state index contributed by atoms with van der Waals surface area (Å²) >= 11 is 0. The number of hydrogen-bond donors (Lipinski definition) is 1. The largest absolute Gasteiger partial charge is 0.499 e. The van der Waals surface area contributed by atoms with Crippen LogP contribution in [0.5, 0.6) is 0 Å². The van der Waals surface area contributed by atoms with Crippen molar-refractivity contribution in [1.82, 2.24) is 0 Å². The van der Waals surface area contributed by atoms with E-state index in [0.717, 1.165) is 0 Å². The molecule has 0 aliphatic carbocycles. The third kappa shape index (κ3) is 6.86. The van der Waals surface area contributed by atoms with Crippen LogP contribution in [0.15, 0.2) is 18.0 Å². The van der Waals surface area contributed by atoms with Crippen molar-refractivity contribution in [2.45, 2.75) is 13.0 Å². The number of ether oxygens (including phenoxy) is 1. The zero-order chi connectivity index (χ0) is 8.53. The first-order chi connectivity index (χ1) is 5.31. The summed E-state index contributed by atoms with van der Waals surface area (Å²) < 4.78 is 4.71. The van der Waals surface area contributed by atoms with Crippen LogP contribution in [0, 0.1) is 0 Å². The van der Waals surface area contributed by atoms with E-state index < -0.39 is 6.10 Å². The molecule has 0 saturated heterocycles. The summed E-state index contributed by atoms with van der Waals surface area (Å²) in [7, 11) is 0. The molecule has 0 aromatic rings. The molecule has 4 heteroatoms. The Morgan fingerprint density at radius 2 is 2.36 bits per heavy atom. The van der Waals surface area contributed by atoms with Crippen molar-refractivity contribution in [2.24, 2.45) is 5.16 Å². The maximum atomic E-state index is 9.04. The van der Waals surface area contributed by atoms with Crippen LogP contribution in [0.4, 0.5) is 0 Å². The van der Waals surface area contributed by atoms with Gasteiger partial charge in [-0.15, -0.1) is 0 Å². The quantitative estimate of drug-likeness (QED) is 0.349. The number of nitrogens with zero attached hydrogens (tertiary/aromatic N) is 1. The molecule has 0 heterocycles. The standard InChI is InChI=1S/C7H13NO3/c1-3-8-11-6-7(9)5-10-4-2/h3-4,7,9H,2,5-6H2,1H3. The smallest absolute Gasteiger partial charge is 0.146 e. The van der Waals surface area contributed by atoms with Crippen LogP contribution >= 0.6 is 0 Å². The highest BCUT2D eigenvalue weighted by Gasteiger charge is 2.02. The van der Waals surface area contributed by atoms with Gasteiger partial charge in [0, 0.05) is 6.21 Å². The topological polar surface area (TPSA) is 51.0 Å². The van der Waals surface area contributed by atoms with Crippen LogP contribution in [-0.4, -0.2) is 30.6 Å². The molecule has 0 saturated carbocycles. The summed E-state index contributed by atoms with van der Waals surface area (Å²) in [6.07, 6.45) is 2.12. The number of oxime groups is 1. The van der Waals surface area contributed by atoms with E-state index in [4.69, 9.17) is 9.84 Å². The molecule has 1 N–H and O–H groups in total. The Hall–Kier alpha value is -1.03. The van der Waals surface area contributed by atoms with Gasteiger partial charge in [-0.2, -0.15) is 0 Å². The van der Waals surface area contributed by atoms with Gasteiger partial charge < -0.3 is 14.7 Å². The van der Waals surface area contributed by atoms with E-state index in [9.17, 15) is 0 Å². The van der Waals surface area contributed by atoms with Gasteiger partial charge in [0.05, 0.1) is 6.26 Å². The third-order valence-electron chi connectivity index (χ3n) is 0.853. The van der Waals surface area contributed by atoms with Crippen molar-refractivity contribution in [1.29, 1.82) is 0 Å². The van der Waals surface area contributed by atoms with E-state index in [1.165, 1.54) is 12.5 Å². The van der Waals surface area contributed by atoms with Crippen molar-refractivity contribution in [3.8, 4) is 0 Å². The van der Waals surface area contributed by atoms with Crippen LogP contribution < -0.4 is 0 Å². The van der Waals surface area contributed by atoms with Gasteiger partial charge in [-0.3, -0.25) is 0 Å². The van der Waals surface area contributed by atoms with Gasteiger partial charge in [-0.1, -0.05) is 11.7 Å². The number of hydrogen-bond acceptors (Lipinski definition) is 4. The second-order valence-corrected chi connectivity index (χ2v) is 1.81. The maximum absolute atomic E-state index is 9.04. The van der Waals surface area contributed by atoms with Crippen LogP contribution in [0.3, 0.4) is 0 Å². The van der Waals surface area contributed by atoms with Gasteiger partial charge in [0.1, 0.15) is 19.3 Å². The lowest BCUT2D eigenvalue weighted by Crippen LogP contribution is -2.19. The highest BCUT2D eigenvalue weighted by atomic mass is 16.6.